The summed E-state index contributed by atoms with van der Waals surface area (Å²) in [7, 11) is 0. The van der Waals surface area contributed by atoms with Gasteiger partial charge in [-0.1, -0.05) is 0 Å². The molecule has 0 aliphatic carbocycles. The first-order chi connectivity index (χ1) is 8.08. The Morgan fingerprint density at radius 3 is 2.00 bits per heavy atom. The summed E-state index contributed by atoms with van der Waals surface area (Å²) in [6, 6.07) is 3.95. The predicted molar refractivity (Wildman–Crippen MR) is 70.8 cm³/mol. The highest BCUT2D eigenvalue weighted by molar-refractivity contribution is 5.79. The van der Waals surface area contributed by atoms with Crippen molar-refractivity contribution in [1.29, 1.82) is 0 Å². The van der Waals surface area contributed by atoms with E-state index in [1.807, 2.05) is 32.9 Å². The molecule has 17 heavy (non-hydrogen) atoms. The summed E-state index contributed by atoms with van der Waals surface area (Å²) in [6.45, 7) is 9.00. The Balaban J connectivity index is 3.19. The van der Waals surface area contributed by atoms with Gasteiger partial charge in [-0.15, -0.1) is 0 Å². The minimum atomic E-state index is -0.313. The highest BCUT2D eigenvalue weighted by Crippen LogP contribution is 2.35. The van der Waals surface area contributed by atoms with Crippen LogP contribution in [-0.4, -0.2) is 19.1 Å². The number of esters is 1. The first-order valence-corrected chi connectivity index (χ1v) is 5.89. The highest BCUT2D eigenvalue weighted by Gasteiger charge is 2.12. The Morgan fingerprint density at radius 1 is 1.18 bits per heavy atom. The number of carbonyl (C=O) groups is 1. The van der Waals surface area contributed by atoms with Crippen molar-refractivity contribution < 1.29 is 9.53 Å². The van der Waals surface area contributed by atoms with Gasteiger partial charge < -0.3 is 15.4 Å². The van der Waals surface area contributed by atoms with Crippen LogP contribution < -0.4 is 15.4 Å². The molecule has 0 aromatic heterocycles. The fraction of sp³-hybridized carbons (Fsp3) is 0.462. The molecule has 0 saturated carbocycles. The Kier molecular flexibility index (Phi) is 4.82. The standard InChI is InChI=1S/C13H20N2O2/c1-5-14-11-7-9(3)8-12(15-6-2)13(11)17-10(4)16/h7-8,14-15H,5-6H2,1-4H3. The van der Waals surface area contributed by atoms with Crippen LogP contribution in [0.1, 0.15) is 26.3 Å². The van der Waals surface area contributed by atoms with Crippen LogP contribution in [0, 0.1) is 6.92 Å². The molecule has 0 spiro atoms. The van der Waals surface area contributed by atoms with Crippen LogP contribution in [0.5, 0.6) is 5.75 Å². The minimum Gasteiger partial charge on any atom is -0.422 e. The van der Waals surface area contributed by atoms with E-state index in [1.54, 1.807) is 0 Å². The molecule has 0 saturated heterocycles. The van der Waals surface area contributed by atoms with E-state index in [0.29, 0.717) is 5.75 Å². The molecule has 1 rings (SSSR count). The molecular weight excluding hydrogens is 216 g/mol. The van der Waals surface area contributed by atoms with E-state index >= 15 is 0 Å². The lowest BCUT2D eigenvalue weighted by atomic mass is 10.1. The van der Waals surface area contributed by atoms with Crippen molar-refractivity contribution in [3.63, 3.8) is 0 Å². The van der Waals surface area contributed by atoms with Gasteiger partial charge >= 0.3 is 5.97 Å². The van der Waals surface area contributed by atoms with Gasteiger partial charge in [-0.2, -0.15) is 0 Å². The summed E-state index contributed by atoms with van der Waals surface area (Å²) in [4.78, 5) is 11.1. The minimum absolute atomic E-state index is 0.313. The lowest BCUT2D eigenvalue weighted by Crippen LogP contribution is -2.09. The van der Waals surface area contributed by atoms with Gasteiger partial charge in [0.05, 0.1) is 11.4 Å². The number of carbonyl (C=O) groups excluding carboxylic acids is 1. The number of ether oxygens (including phenoxy) is 1. The van der Waals surface area contributed by atoms with E-state index < -0.39 is 0 Å². The molecular formula is C13H20N2O2. The van der Waals surface area contributed by atoms with Crippen molar-refractivity contribution in [2.24, 2.45) is 0 Å². The van der Waals surface area contributed by atoms with Crippen molar-refractivity contribution in [2.75, 3.05) is 23.7 Å². The molecule has 0 heterocycles. The second-order valence-corrected chi connectivity index (χ2v) is 3.84. The van der Waals surface area contributed by atoms with Crippen molar-refractivity contribution in [1.82, 2.24) is 0 Å². The molecule has 1 aromatic carbocycles. The van der Waals surface area contributed by atoms with E-state index in [1.165, 1.54) is 6.92 Å². The van der Waals surface area contributed by atoms with Gasteiger partial charge in [-0.05, 0) is 38.5 Å². The normalized spacial score (nSPS) is 9.88. The van der Waals surface area contributed by atoms with E-state index in [2.05, 4.69) is 10.6 Å². The topological polar surface area (TPSA) is 50.4 Å². The van der Waals surface area contributed by atoms with Gasteiger partial charge in [0.25, 0.3) is 0 Å². The number of rotatable bonds is 5. The maximum absolute atomic E-state index is 11.1. The zero-order valence-electron chi connectivity index (χ0n) is 10.9. The smallest absolute Gasteiger partial charge is 0.308 e. The summed E-state index contributed by atoms with van der Waals surface area (Å²) in [5.41, 5.74) is 2.81. The molecule has 0 unspecified atom stereocenters. The second-order valence-electron chi connectivity index (χ2n) is 3.84. The van der Waals surface area contributed by atoms with Crippen LogP contribution in [0.2, 0.25) is 0 Å². The molecule has 0 radical (unpaired) electrons. The van der Waals surface area contributed by atoms with Crippen LogP contribution in [-0.2, 0) is 4.79 Å². The van der Waals surface area contributed by atoms with Gasteiger partial charge in [0.2, 0.25) is 0 Å². The highest BCUT2D eigenvalue weighted by atomic mass is 16.5. The number of aryl methyl sites for hydroxylation is 1. The summed E-state index contributed by atoms with van der Waals surface area (Å²) < 4.78 is 5.27. The summed E-state index contributed by atoms with van der Waals surface area (Å²) in [5.74, 6) is 0.263. The van der Waals surface area contributed by atoms with Crippen LogP contribution in [0.3, 0.4) is 0 Å². The number of nitrogens with one attached hydrogen (secondary N) is 2. The van der Waals surface area contributed by atoms with Gasteiger partial charge in [-0.25, -0.2) is 0 Å². The molecule has 0 aliphatic heterocycles. The van der Waals surface area contributed by atoms with Crippen LogP contribution in [0.15, 0.2) is 12.1 Å². The molecule has 0 amide bonds. The zero-order chi connectivity index (χ0) is 12.8. The molecule has 0 fully saturated rings. The molecule has 0 atom stereocenters. The largest absolute Gasteiger partial charge is 0.422 e. The number of hydrogen-bond acceptors (Lipinski definition) is 4. The first kappa shape index (κ1) is 13.4. The lowest BCUT2D eigenvalue weighted by molar-refractivity contribution is -0.131. The molecule has 0 aliphatic rings. The quantitative estimate of drug-likeness (QED) is 0.609. The maximum Gasteiger partial charge on any atom is 0.308 e. The summed E-state index contributed by atoms with van der Waals surface area (Å²) in [5, 5.41) is 6.41. The van der Waals surface area contributed by atoms with Crippen molar-refractivity contribution in [2.45, 2.75) is 27.7 Å². The molecule has 0 bridgehead atoms. The average Bonchev–Trinajstić information content (AvgIpc) is 2.23. The fourth-order valence-electron chi connectivity index (χ4n) is 1.67. The van der Waals surface area contributed by atoms with Crippen LogP contribution >= 0.6 is 0 Å². The van der Waals surface area contributed by atoms with Gasteiger partial charge in [-0.3, -0.25) is 4.79 Å². The van der Waals surface area contributed by atoms with E-state index in [4.69, 9.17) is 4.74 Å². The Labute approximate surface area is 102 Å². The monoisotopic (exact) mass is 236 g/mol. The van der Waals surface area contributed by atoms with Gasteiger partial charge in [0.15, 0.2) is 5.75 Å². The average molecular weight is 236 g/mol. The zero-order valence-corrected chi connectivity index (χ0v) is 10.9. The molecule has 4 heteroatoms. The Hall–Kier alpha value is -1.71. The Morgan fingerprint density at radius 2 is 1.65 bits per heavy atom. The predicted octanol–water partition coefficient (Wildman–Crippen LogP) is 2.78. The molecule has 2 N–H and O–H groups in total. The second kappa shape index (κ2) is 6.13. The van der Waals surface area contributed by atoms with Crippen LogP contribution in [0.4, 0.5) is 11.4 Å². The van der Waals surface area contributed by atoms with E-state index in [9.17, 15) is 4.79 Å². The third-order valence-corrected chi connectivity index (χ3v) is 2.21. The molecule has 1 aromatic rings. The number of hydrogen-bond donors (Lipinski definition) is 2. The van der Waals surface area contributed by atoms with Crippen molar-refractivity contribution in [3.8, 4) is 5.75 Å². The first-order valence-electron chi connectivity index (χ1n) is 5.89. The van der Waals surface area contributed by atoms with Crippen molar-refractivity contribution in [3.05, 3.63) is 17.7 Å². The summed E-state index contributed by atoms with van der Waals surface area (Å²) in [6.07, 6.45) is 0. The van der Waals surface area contributed by atoms with Crippen molar-refractivity contribution >= 4 is 17.3 Å². The van der Waals surface area contributed by atoms with E-state index in [0.717, 1.165) is 30.0 Å². The SMILES string of the molecule is CCNc1cc(C)cc(NCC)c1OC(C)=O. The van der Waals surface area contributed by atoms with Gasteiger partial charge in [0, 0.05) is 20.0 Å². The number of anilines is 2. The lowest BCUT2D eigenvalue weighted by Gasteiger charge is -2.16. The third-order valence-electron chi connectivity index (χ3n) is 2.21. The van der Waals surface area contributed by atoms with Crippen LogP contribution in [0.25, 0.3) is 0 Å². The molecule has 94 valence electrons. The summed E-state index contributed by atoms with van der Waals surface area (Å²) >= 11 is 0. The number of benzene rings is 1. The Bertz CT molecular complexity index is 375. The van der Waals surface area contributed by atoms with E-state index in [-0.39, 0.29) is 5.97 Å². The molecule has 4 nitrogen and oxygen atoms in total. The third kappa shape index (κ3) is 3.66. The maximum atomic E-state index is 11.1. The van der Waals surface area contributed by atoms with Gasteiger partial charge in [0.1, 0.15) is 0 Å². The fourth-order valence-corrected chi connectivity index (χ4v) is 1.67.